The normalized spacial score (nSPS) is 17.1. The molecule has 0 atom stereocenters. The third-order valence-electron chi connectivity index (χ3n) is 2.55. The third kappa shape index (κ3) is 2.06. The Labute approximate surface area is 85.7 Å². The summed E-state index contributed by atoms with van der Waals surface area (Å²) in [5.74, 6) is 0. The summed E-state index contributed by atoms with van der Waals surface area (Å²) in [4.78, 5) is 5.51. The Bertz CT molecular complexity index is 343. The van der Waals surface area contributed by atoms with Crippen molar-refractivity contribution in [3.8, 4) is 0 Å². The average Bonchev–Trinajstić information content (AvgIpc) is 2.69. The van der Waals surface area contributed by atoms with E-state index >= 15 is 0 Å². The number of halogens is 3. The lowest BCUT2D eigenvalue weighted by molar-refractivity contribution is -0.137. The molecule has 5 heteroatoms. The highest BCUT2D eigenvalue weighted by atomic mass is 19.4. The van der Waals surface area contributed by atoms with Gasteiger partial charge in [-0.2, -0.15) is 13.2 Å². The molecule has 15 heavy (non-hydrogen) atoms. The van der Waals surface area contributed by atoms with Crippen molar-refractivity contribution < 1.29 is 13.2 Å². The number of pyridine rings is 1. The molecule has 1 fully saturated rings. The lowest BCUT2D eigenvalue weighted by Crippen LogP contribution is -2.22. The zero-order valence-corrected chi connectivity index (χ0v) is 8.09. The number of rotatable bonds is 1. The second-order valence-corrected chi connectivity index (χ2v) is 3.58. The molecule has 0 N–H and O–H groups in total. The summed E-state index contributed by atoms with van der Waals surface area (Å²) in [5.41, 5.74) is -0.373. The minimum atomic E-state index is -4.29. The highest BCUT2D eigenvalue weighted by Gasteiger charge is 2.35. The molecule has 0 saturated carbocycles. The molecule has 82 valence electrons. The van der Waals surface area contributed by atoms with Gasteiger partial charge in [-0.1, -0.05) is 0 Å². The zero-order valence-electron chi connectivity index (χ0n) is 8.09. The van der Waals surface area contributed by atoms with Gasteiger partial charge in [0, 0.05) is 19.3 Å². The molecule has 0 unspecified atom stereocenters. The van der Waals surface area contributed by atoms with Gasteiger partial charge < -0.3 is 4.90 Å². The van der Waals surface area contributed by atoms with Crippen LogP contribution < -0.4 is 4.90 Å². The van der Waals surface area contributed by atoms with Crippen LogP contribution in [0.4, 0.5) is 18.9 Å². The molecule has 0 radical (unpaired) electrons. The maximum atomic E-state index is 12.6. The lowest BCUT2D eigenvalue weighted by atomic mass is 10.2. The molecular formula is C10H11F3N2. The van der Waals surface area contributed by atoms with Gasteiger partial charge in [-0.3, -0.25) is 4.98 Å². The van der Waals surface area contributed by atoms with Crippen LogP contribution in [0, 0.1) is 0 Å². The van der Waals surface area contributed by atoms with E-state index in [0.29, 0.717) is 13.1 Å². The number of aromatic nitrogens is 1. The van der Waals surface area contributed by atoms with Gasteiger partial charge in [0.15, 0.2) is 0 Å². The smallest absolute Gasteiger partial charge is 0.370 e. The van der Waals surface area contributed by atoms with Crippen molar-refractivity contribution in [2.45, 2.75) is 19.0 Å². The Morgan fingerprint density at radius 1 is 1.20 bits per heavy atom. The van der Waals surface area contributed by atoms with Crippen molar-refractivity contribution in [3.63, 3.8) is 0 Å². The van der Waals surface area contributed by atoms with E-state index in [9.17, 15) is 13.2 Å². The summed E-state index contributed by atoms with van der Waals surface area (Å²) in [7, 11) is 0. The van der Waals surface area contributed by atoms with Gasteiger partial charge >= 0.3 is 6.18 Å². The molecule has 1 aliphatic heterocycles. The molecule has 1 aromatic rings. The van der Waals surface area contributed by atoms with E-state index in [4.69, 9.17) is 0 Å². The molecule has 1 aliphatic rings. The number of anilines is 1. The summed E-state index contributed by atoms with van der Waals surface area (Å²) in [5, 5.41) is 0. The number of nitrogens with zero attached hydrogens (tertiary/aromatic N) is 2. The van der Waals surface area contributed by atoms with Gasteiger partial charge in [-0.15, -0.1) is 0 Å². The Hall–Kier alpha value is -1.26. The molecule has 1 saturated heterocycles. The topological polar surface area (TPSA) is 16.1 Å². The largest absolute Gasteiger partial charge is 0.418 e. The maximum absolute atomic E-state index is 12.6. The van der Waals surface area contributed by atoms with Crippen LogP contribution in [-0.4, -0.2) is 18.1 Å². The van der Waals surface area contributed by atoms with Crippen LogP contribution in [0.5, 0.6) is 0 Å². The second kappa shape index (κ2) is 3.72. The van der Waals surface area contributed by atoms with Crippen molar-refractivity contribution in [1.82, 2.24) is 4.98 Å². The quantitative estimate of drug-likeness (QED) is 0.717. The fraction of sp³-hybridized carbons (Fsp3) is 0.500. The molecule has 1 aromatic heterocycles. The van der Waals surface area contributed by atoms with Gasteiger partial charge in [0.1, 0.15) is 0 Å². The maximum Gasteiger partial charge on any atom is 0.418 e. The minimum absolute atomic E-state index is 0.211. The Kier molecular flexibility index (Phi) is 2.54. The third-order valence-corrected chi connectivity index (χ3v) is 2.55. The minimum Gasteiger partial charge on any atom is -0.370 e. The Balaban J connectivity index is 2.37. The first-order valence-electron chi connectivity index (χ1n) is 4.85. The molecule has 2 heterocycles. The van der Waals surface area contributed by atoms with Gasteiger partial charge in [0.2, 0.25) is 0 Å². The van der Waals surface area contributed by atoms with E-state index in [1.54, 1.807) is 4.90 Å². The van der Waals surface area contributed by atoms with E-state index in [1.165, 1.54) is 12.4 Å². The second-order valence-electron chi connectivity index (χ2n) is 3.58. The highest BCUT2D eigenvalue weighted by Crippen LogP contribution is 2.36. The van der Waals surface area contributed by atoms with E-state index in [-0.39, 0.29) is 5.69 Å². The first-order valence-corrected chi connectivity index (χ1v) is 4.85. The van der Waals surface area contributed by atoms with E-state index < -0.39 is 11.7 Å². The van der Waals surface area contributed by atoms with E-state index in [0.717, 1.165) is 18.9 Å². The summed E-state index contributed by atoms with van der Waals surface area (Å²) in [6.45, 7) is 1.38. The predicted molar refractivity (Wildman–Crippen MR) is 50.7 cm³/mol. The fourth-order valence-electron chi connectivity index (χ4n) is 1.84. The molecule has 0 spiro atoms. The highest BCUT2D eigenvalue weighted by molar-refractivity contribution is 5.53. The molecule has 2 nitrogen and oxygen atoms in total. The standard InChI is InChI=1S/C10H11F3N2/c11-10(12,13)8-3-4-14-7-9(8)15-5-1-2-6-15/h3-4,7H,1-2,5-6H2. The van der Waals surface area contributed by atoms with Crippen LogP contribution >= 0.6 is 0 Å². The van der Waals surface area contributed by atoms with Gasteiger partial charge in [-0.05, 0) is 18.9 Å². The van der Waals surface area contributed by atoms with Crippen LogP contribution in [0.1, 0.15) is 18.4 Å². The van der Waals surface area contributed by atoms with Gasteiger partial charge in [0.05, 0.1) is 17.4 Å². The molecule has 2 rings (SSSR count). The van der Waals surface area contributed by atoms with Crippen LogP contribution in [0.25, 0.3) is 0 Å². The van der Waals surface area contributed by atoms with Crippen molar-refractivity contribution in [2.24, 2.45) is 0 Å². The van der Waals surface area contributed by atoms with Gasteiger partial charge in [-0.25, -0.2) is 0 Å². The van der Waals surface area contributed by atoms with E-state index in [1.807, 2.05) is 0 Å². The van der Waals surface area contributed by atoms with Crippen molar-refractivity contribution in [2.75, 3.05) is 18.0 Å². The molecule has 0 bridgehead atoms. The number of hydrogen-bond donors (Lipinski definition) is 0. The van der Waals surface area contributed by atoms with Crippen LogP contribution in [0.2, 0.25) is 0 Å². The van der Waals surface area contributed by atoms with Gasteiger partial charge in [0.25, 0.3) is 0 Å². The van der Waals surface area contributed by atoms with Crippen LogP contribution in [-0.2, 0) is 6.18 Å². The summed E-state index contributed by atoms with van der Waals surface area (Å²) in [6.07, 6.45) is 0.0930. The zero-order chi connectivity index (χ0) is 10.9. The fourth-order valence-corrected chi connectivity index (χ4v) is 1.84. The summed E-state index contributed by atoms with van der Waals surface area (Å²) < 4.78 is 37.9. The predicted octanol–water partition coefficient (Wildman–Crippen LogP) is 2.70. The summed E-state index contributed by atoms with van der Waals surface area (Å²) >= 11 is 0. The Morgan fingerprint density at radius 3 is 2.47 bits per heavy atom. The first kappa shape index (κ1) is 10.3. The van der Waals surface area contributed by atoms with Crippen LogP contribution in [0.3, 0.4) is 0 Å². The molecular weight excluding hydrogens is 205 g/mol. The average molecular weight is 216 g/mol. The lowest BCUT2D eigenvalue weighted by Gasteiger charge is -2.21. The monoisotopic (exact) mass is 216 g/mol. The number of alkyl halides is 3. The molecule has 0 aromatic carbocycles. The first-order chi connectivity index (χ1) is 7.09. The van der Waals surface area contributed by atoms with E-state index in [2.05, 4.69) is 4.98 Å². The SMILES string of the molecule is FC(F)(F)c1ccncc1N1CCCC1. The number of hydrogen-bond acceptors (Lipinski definition) is 2. The Morgan fingerprint density at radius 2 is 1.87 bits per heavy atom. The summed E-state index contributed by atoms with van der Waals surface area (Å²) in [6, 6.07) is 1.04. The molecule has 0 aliphatic carbocycles. The van der Waals surface area contributed by atoms with Crippen LogP contribution in [0.15, 0.2) is 18.5 Å². The molecule has 0 amide bonds. The van der Waals surface area contributed by atoms with Crippen molar-refractivity contribution in [1.29, 1.82) is 0 Å². The van der Waals surface area contributed by atoms with Crippen molar-refractivity contribution in [3.05, 3.63) is 24.0 Å². The van der Waals surface area contributed by atoms with Crippen molar-refractivity contribution >= 4 is 5.69 Å².